The second-order valence-electron chi connectivity index (χ2n) is 7.58. The van der Waals surface area contributed by atoms with Crippen molar-refractivity contribution in [1.82, 2.24) is 25.1 Å². The third kappa shape index (κ3) is 4.04. The van der Waals surface area contributed by atoms with Gasteiger partial charge in [0, 0.05) is 43.0 Å². The summed E-state index contributed by atoms with van der Waals surface area (Å²) in [6, 6.07) is 2.02. The Hall–Kier alpha value is -1.69. The van der Waals surface area contributed by atoms with Gasteiger partial charge >= 0.3 is 6.03 Å². The molecule has 0 radical (unpaired) electrons. The van der Waals surface area contributed by atoms with Crippen LogP contribution in [-0.2, 0) is 0 Å². The lowest BCUT2D eigenvalue weighted by atomic mass is 9.95. The van der Waals surface area contributed by atoms with Crippen molar-refractivity contribution in [2.24, 2.45) is 0 Å². The molecule has 2 fully saturated rings. The van der Waals surface area contributed by atoms with E-state index in [-0.39, 0.29) is 11.6 Å². The minimum Gasteiger partial charge on any atom is -0.336 e. The van der Waals surface area contributed by atoms with Gasteiger partial charge in [-0.3, -0.25) is 4.90 Å². The smallest absolute Gasteiger partial charge is 0.317 e. The van der Waals surface area contributed by atoms with Crippen LogP contribution >= 0.6 is 0 Å². The molecule has 6 heteroatoms. The lowest BCUT2D eigenvalue weighted by molar-refractivity contribution is 0.140. The summed E-state index contributed by atoms with van der Waals surface area (Å²) in [6.45, 7) is 8.99. The molecule has 2 saturated heterocycles. The number of aromatic nitrogens is 2. The van der Waals surface area contributed by atoms with Crippen LogP contribution in [0, 0.1) is 0 Å². The zero-order valence-corrected chi connectivity index (χ0v) is 14.9. The van der Waals surface area contributed by atoms with Gasteiger partial charge in [-0.25, -0.2) is 14.8 Å². The van der Waals surface area contributed by atoms with Gasteiger partial charge in [0.15, 0.2) is 0 Å². The van der Waals surface area contributed by atoms with Crippen LogP contribution in [0.3, 0.4) is 0 Å². The highest BCUT2D eigenvalue weighted by Gasteiger charge is 2.31. The number of hydrogen-bond acceptors (Lipinski definition) is 4. The van der Waals surface area contributed by atoms with E-state index in [9.17, 15) is 4.79 Å². The van der Waals surface area contributed by atoms with Crippen molar-refractivity contribution in [2.45, 2.75) is 51.0 Å². The van der Waals surface area contributed by atoms with Gasteiger partial charge in [0.05, 0.1) is 0 Å². The number of carbonyl (C=O) groups excluding carboxylic acids is 1. The van der Waals surface area contributed by atoms with Crippen molar-refractivity contribution in [1.29, 1.82) is 0 Å². The van der Waals surface area contributed by atoms with Gasteiger partial charge in [-0.15, -0.1) is 0 Å². The molecule has 0 bridgehead atoms. The lowest BCUT2D eigenvalue weighted by Gasteiger charge is -2.37. The van der Waals surface area contributed by atoms with Crippen LogP contribution < -0.4 is 5.32 Å². The quantitative estimate of drug-likeness (QED) is 0.919. The Balaban J connectivity index is 1.53. The predicted octanol–water partition coefficient (Wildman–Crippen LogP) is 2.24. The van der Waals surface area contributed by atoms with E-state index in [2.05, 4.69) is 34.0 Å². The maximum atomic E-state index is 12.6. The summed E-state index contributed by atoms with van der Waals surface area (Å²) in [5.41, 5.74) is 1.06. The molecule has 132 valence electrons. The highest BCUT2D eigenvalue weighted by molar-refractivity contribution is 5.74. The van der Waals surface area contributed by atoms with E-state index in [1.807, 2.05) is 11.0 Å². The minimum absolute atomic E-state index is 0.0218. The van der Waals surface area contributed by atoms with E-state index in [0.29, 0.717) is 12.5 Å². The van der Waals surface area contributed by atoms with Crippen LogP contribution in [0.1, 0.15) is 51.1 Å². The first-order chi connectivity index (χ1) is 11.6. The molecular weight excluding hydrogens is 302 g/mol. The maximum absolute atomic E-state index is 12.6. The second kappa shape index (κ2) is 7.47. The largest absolute Gasteiger partial charge is 0.336 e. The number of amides is 2. The molecule has 1 aromatic heterocycles. The summed E-state index contributed by atoms with van der Waals surface area (Å²) in [5.74, 6) is 0.319. The number of urea groups is 1. The zero-order chi connectivity index (χ0) is 17.0. The molecule has 2 aliphatic rings. The first-order valence-corrected chi connectivity index (χ1v) is 9.10. The first kappa shape index (κ1) is 17.1. The number of carbonyl (C=O) groups is 1. The average molecular weight is 331 g/mol. The minimum atomic E-state index is 0.0218. The first-order valence-electron chi connectivity index (χ1n) is 9.10. The van der Waals surface area contributed by atoms with Gasteiger partial charge in [-0.2, -0.15) is 0 Å². The highest BCUT2D eigenvalue weighted by Crippen LogP contribution is 2.25. The second-order valence-corrected chi connectivity index (χ2v) is 7.58. The molecular formula is C18H29N5O. The number of nitrogens with zero attached hydrogens (tertiary/aromatic N) is 4. The Labute approximate surface area is 144 Å². The van der Waals surface area contributed by atoms with Crippen LogP contribution in [0.5, 0.6) is 0 Å². The Kier molecular flexibility index (Phi) is 5.33. The molecule has 1 atom stereocenters. The van der Waals surface area contributed by atoms with Gasteiger partial charge in [0.25, 0.3) is 0 Å². The zero-order valence-electron chi connectivity index (χ0n) is 14.9. The van der Waals surface area contributed by atoms with E-state index in [4.69, 9.17) is 0 Å². The SMILES string of the molecule is CC(C)(CNC(=O)N1CCC[C@H](c2ccncn2)C1)N1CCCC1. The molecule has 2 aliphatic heterocycles. The number of rotatable bonds is 4. The lowest BCUT2D eigenvalue weighted by Crippen LogP contribution is -2.53. The fourth-order valence-electron chi connectivity index (χ4n) is 3.78. The molecule has 0 saturated carbocycles. The van der Waals surface area contributed by atoms with E-state index in [0.717, 1.165) is 44.7 Å². The summed E-state index contributed by atoms with van der Waals surface area (Å²) in [7, 11) is 0. The van der Waals surface area contributed by atoms with Crippen LogP contribution in [0.25, 0.3) is 0 Å². The van der Waals surface area contributed by atoms with Gasteiger partial charge in [-0.05, 0) is 58.7 Å². The molecule has 3 rings (SSSR count). The molecule has 3 heterocycles. The summed E-state index contributed by atoms with van der Waals surface area (Å²) in [6.07, 6.45) is 8.01. The van der Waals surface area contributed by atoms with Crippen molar-refractivity contribution < 1.29 is 4.79 Å². The fourth-order valence-corrected chi connectivity index (χ4v) is 3.78. The van der Waals surface area contributed by atoms with Gasteiger partial charge < -0.3 is 10.2 Å². The van der Waals surface area contributed by atoms with Crippen molar-refractivity contribution in [2.75, 3.05) is 32.7 Å². The van der Waals surface area contributed by atoms with E-state index in [1.54, 1.807) is 12.5 Å². The molecule has 0 spiro atoms. The van der Waals surface area contributed by atoms with Crippen molar-refractivity contribution >= 4 is 6.03 Å². The van der Waals surface area contributed by atoms with Crippen LogP contribution in [0.4, 0.5) is 4.79 Å². The third-order valence-corrected chi connectivity index (χ3v) is 5.37. The molecule has 2 amide bonds. The summed E-state index contributed by atoms with van der Waals surface area (Å²) in [4.78, 5) is 25.4. The monoisotopic (exact) mass is 331 g/mol. The van der Waals surface area contributed by atoms with Crippen LogP contribution in [0.15, 0.2) is 18.6 Å². The van der Waals surface area contributed by atoms with Crippen LogP contribution in [0.2, 0.25) is 0 Å². The van der Waals surface area contributed by atoms with E-state index in [1.165, 1.54) is 12.8 Å². The normalized spacial score (nSPS) is 22.6. The van der Waals surface area contributed by atoms with Crippen LogP contribution in [-0.4, -0.2) is 64.1 Å². The van der Waals surface area contributed by atoms with Crippen molar-refractivity contribution in [3.8, 4) is 0 Å². The number of hydrogen-bond donors (Lipinski definition) is 1. The average Bonchev–Trinajstić information content (AvgIpc) is 3.16. The summed E-state index contributed by atoms with van der Waals surface area (Å²) in [5, 5.41) is 3.15. The van der Waals surface area contributed by atoms with Gasteiger partial charge in [-0.1, -0.05) is 0 Å². The van der Waals surface area contributed by atoms with E-state index >= 15 is 0 Å². The van der Waals surface area contributed by atoms with Gasteiger partial charge in [0.1, 0.15) is 6.33 Å². The molecule has 0 aliphatic carbocycles. The Morgan fingerprint density at radius 3 is 2.79 bits per heavy atom. The topological polar surface area (TPSA) is 61.4 Å². The molecule has 24 heavy (non-hydrogen) atoms. The molecule has 0 unspecified atom stereocenters. The summed E-state index contributed by atoms with van der Waals surface area (Å²) >= 11 is 0. The maximum Gasteiger partial charge on any atom is 0.317 e. The standard InChI is InChI=1S/C18H29N5O/c1-18(2,23-10-3-4-11-23)13-20-17(24)22-9-5-6-15(12-22)16-7-8-19-14-21-16/h7-8,14-15H,3-6,9-13H2,1-2H3,(H,20,24)/t15-/m0/s1. The molecule has 1 N–H and O–H groups in total. The summed E-state index contributed by atoms with van der Waals surface area (Å²) < 4.78 is 0. The number of likely N-dealkylation sites (tertiary alicyclic amines) is 2. The van der Waals surface area contributed by atoms with E-state index < -0.39 is 0 Å². The Morgan fingerprint density at radius 1 is 1.29 bits per heavy atom. The van der Waals surface area contributed by atoms with Gasteiger partial charge in [0.2, 0.25) is 0 Å². The molecule has 1 aromatic rings. The van der Waals surface area contributed by atoms with Crippen molar-refractivity contribution in [3.05, 3.63) is 24.3 Å². The van der Waals surface area contributed by atoms with Crippen molar-refractivity contribution in [3.63, 3.8) is 0 Å². The third-order valence-electron chi connectivity index (χ3n) is 5.37. The fraction of sp³-hybridized carbons (Fsp3) is 0.722. The Bertz CT molecular complexity index is 542. The highest BCUT2D eigenvalue weighted by atomic mass is 16.2. The molecule has 0 aromatic carbocycles. The number of piperidine rings is 1. The molecule has 6 nitrogen and oxygen atoms in total. The number of nitrogens with one attached hydrogen (secondary N) is 1. The Morgan fingerprint density at radius 2 is 2.08 bits per heavy atom. The predicted molar refractivity (Wildman–Crippen MR) is 93.9 cm³/mol.